The van der Waals surface area contributed by atoms with E-state index in [-0.39, 0.29) is 0 Å². The van der Waals surface area contributed by atoms with E-state index in [1.807, 2.05) is 12.2 Å². The summed E-state index contributed by atoms with van der Waals surface area (Å²) in [5, 5.41) is 12.3. The molecule has 62 valence electrons. The maximum Gasteiger partial charge on any atom is 0.111 e. The third-order valence-electron chi connectivity index (χ3n) is 1.74. The normalized spacial score (nSPS) is 23.4. The van der Waals surface area contributed by atoms with Gasteiger partial charge >= 0.3 is 0 Å². The minimum Gasteiger partial charge on any atom is -0.508 e. The van der Waals surface area contributed by atoms with Crippen molar-refractivity contribution in [2.24, 2.45) is 0 Å². The van der Waals surface area contributed by atoms with Gasteiger partial charge in [0, 0.05) is 6.04 Å². The summed E-state index contributed by atoms with van der Waals surface area (Å²) in [5.41, 5.74) is 0. The van der Waals surface area contributed by atoms with Crippen molar-refractivity contribution in [1.82, 2.24) is 5.32 Å². The van der Waals surface area contributed by atoms with Gasteiger partial charge in [0.25, 0.3) is 0 Å². The fraction of sp³-hybridized carbons (Fsp3) is 0.556. The fourth-order valence-electron chi connectivity index (χ4n) is 1.09. The average Bonchev–Trinajstić information content (AvgIpc) is 2.04. The summed E-state index contributed by atoms with van der Waals surface area (Å²) in [6, 6.07) is 0.422. The van der Waals surface area contributed by atoms with Crippen LogP contribution in [0.4, 0.5) is 0 Å². The summed E-state index contributed by atoms with van der Waals surface area (Å²) in [6.07, 6.45) is 7.65. The minimum absolute atomic E-state index is 0.388. The molecule has 1 unspecified atom stereocenters. The molecule has 0 bridgehead atoms. The molecule has 0 aromatic carbocycles. The molecule has 1 atom stereocenters. The van der Waals surface area contributed by atoms with Gasteiger partial charge < -0.3 is 10.4 Å². The van der Waals surface area contributed by atoms with E-state index in [1.54, 1.807) is 6.08 Å². The first-order valence-corrected chi connectivity index (χ1v) is 4.13. The SMILES string of the molecule is CCCNC1C=CC(O)=CC1. The van der Waals surface area contributed by atoms with Crippen molar-refractivity contribution in [1.29, 1.82) is 0 Å². The van der Waals surface area contributed by atoms with Crippen LogP contribution in [-0.4, -0.2) is 17.7 Å². The third kappa shape index (κ3) is 2.76. The molecule has 0 aromatic heterocycles. The third-order valence-corrected chi connectivity index (χ3v) is 1.74. The highest BCUT2D eigenvalue weighted by Gasteiger charge is 2.05. The second kappa shape index (κ2) is 4.19. The van der Waals surface area contributed by atoms with Crippen LogP contribution in [0.25, 0.3) is 0 Å². The zero-order valence-corrected chi connectivity index (χ0v) is 6.88. The Morgan fingerprint density at radius 2 is 2.55 bits per heavy atom. The van der Waals surface area contributed by atoms with Crippen LogP contribution in [-0.2, 0) is 0 Å². The lowest BCUT2D eigenvalue weighted by Crippen LogP contribution is -2.28. The smallest absolute Gasteiger partial charge is 0.111 e. The van der Waals surface area contributed by atoms with E-state index in [1.165, 1.54) is 0 Å². The molecule has 2 nitrogen and oxygen atoms in total. The molecule has 2 heteroatoms. The van der Waals surface area contributed by atoms with Gasteiger partial charge in [-0.05, 0) is 31.5 Å². The lowest BCUT2D eigenvalue weighted by atomic mass is 10.1. The number of rotatable bonds is 3. The molecule has 0 fully saturated rings. The van der Waals surface area contributed by atoms with Gasteiger partial charge in [0.05, 0.1) is 0 Å². The van der Waals surface area contributed by atoms with E-state index < -0.39 is 0 Å². The Kier molecular flexibility index (Phi) is 3.17. The van der Waals surface area contributed by atoms with Crippen LogP contribution in [0.15, 0.2) is 24.0 Å². The Hall–Kier alpha value is -0.760. The van der Waals surface area contributed by atoms with Gasteiger partial charge in [0.15, 0.2) is 0 Å². The molecule has 2 N–H and O–H groups in total. The highest BCUT2D eigenvalue weighted by atomic mass is 16.3. The molecule has 11 heavy (non-hydrogen) atoms. The predicted molar refractivity (Wildman–Crippen MR) is 46.6 cm³/mol. The predicted octanol–water partition coefficient (Wildman–Crippen LogP) is 1.76. The van der Waals surface area contributed by atoms with Gasteiger partial charge in [0.2, 0.25) is 0 Å². The van der Waals surface area contributed by atoms with Crippen molar-refractivity contribution < 1.29 is 5.11 Å². The van der Waals surface area contributed by atoms with Crippen LogP contribution in [0.1, 0.15) is 19.8 Å². The van der Waals surface area contributed by atoms with E-state index >= 15 is 0 Å². The van der Waals surface area contributed by atoms with Crippen LogP contribution in [0.2, 0.25) is 0 Å². The van der Waals surface area contributed by atoms with E-state index in [2.05, 4.69) is 12.2 Å². The molecule has 0 amide bonds. The topological polar surface area (TPSA) is 32.3 Å². The molecule has 0 aromatic rings. The Labute approximate surface area is 67.6 Å². The molecular formula is C9H15NO. The van der Waals surface area contributed by atoms with Gasteiger partial charge in [-0.2, -0.15) is 0 Å². The summed E-state index contributed by atoms with van der Waals surface area (Å²) in [7, 11) is 0. The summed E-state index contributed by atoms with van der Waals surface area (Å²) in [4.78, 5) is 0. The van der Waals surface area contributed by atoms with Gasteiger partial charge in [-0.1, -0.05) is 13.0 Å². The molecule has 0 spiro atoms. The maximum absolute atomic E-state index is 9.00. The van der Waals surface area contributed by atoms with Crippen LogP contribution < -0.4 is 5.32 Å². The molecule has 1 aliphatic carbocycles. The van der Waals surface area contributed by atoms with Crippen LogP contribution in [0.5, 0.6) is 0 Å². The number of allylic oxidation sites excluding steroid dienone is 1. The van der Waals surface area contributed by atoms with Gasteiger partial charge in [-0.25, -0.2) is 0 Å². The summed E-state index contributed by atoms with van der Waals surface area (Å²) >= 11 is 0. The zero-order valence-electron chi connectivity index (χ0n) is 6.88. The molecule has 0 aliphatic heterocycles. The van der Waals surface area contributed by atoms with Crippen molar-refractivity contribution in [2.45, 2.75) is 25.8 Å². The first-order valence-electron chi connectivity index (χ1n) is 4.13. The monoisotopic (exact) mass is 153 g/mol. The van der Waals surface area contributed by atoms with Crippen molar-refractivity contribution in [3.8, 4) is 0 Å². The largest absolute Gasteiger partial charge is 0.508 e. The molecule has 1 rings (SSSR count). The Morgan fingerprint density at radius 3 is 3.09 bits per heavy atom. The average molecular weight is 153 g/mol. The molecule has 0 heterocycles. The van der Waals surface area contributed by atoms with Gasteiger partial charge in [-0.15, -0.1) is 0 Å². The first kappa shape index (κ1) is 8.34. The number of aliphatic hydroxyl groups is 1. The van der Waals surface area contributed by atoms with Crippen molar-refractivity contribution in [3.05, 3.63) is 24.0 Å². The minimum atomic E-state index is 0.388. The zero-order chi connectivity index (χ0) is 8.10. The lowest BCUT2D eigenvalue weighted by molar-refractivity contribution is 0.421. The molecule has 0 saturated heterocycles. The second-order valence-electron chi connectivity index (χ2n) is 2.78. The van der Waals surface area contributed by atoms with Crippen molar-refractivity contribution >= 4 is 0 Å². The Balaban J connectivity index is 2.25. The molecule has 1 aliphatic rings. The Morgan fingerprint density at radius 1 is 1.73 bits per heavy atom. The van der Waals surface area contributed by atoms with Crippen LogP contribution in [0.3, 0.4) is 0 Å². The molecule has 0 saturated carbocycles. The van der Waals surface area contributed by atoms with Crippen LogP contribution in [0, 0.1) is 0 Å². The number of nitrogens with one attached hydrogen (secondary N) is 1. The number of hydrogen-bond donors (Lipinski definition) is 2. The second-order valence-corrected chi connectivity index (χ2v) is 2.78. The molecular weight excluding hydrogens is 138 g/mol. The highest BCUT2D eigenvalue weighted by Crippen LogP contribution is 2.07. The summed E-state index contributed by atoms with van der Waals surface area (Å²) in [5.74, 6) is 0.388. The van der Waals surface area contributed by atoms with Crippen LogP contribution >= 0.6 is 0 Å². The lowest BCUT2D eigenvalue weighted by Gasteiger charge is -2.14. The number of aliphatic hydroxyl groups excluding tert-OH is 1. The van der Waals surface area contributed by atoms with Crippen molar-refractivity contribution in [2.75, 3.05) is 6.54 Å². The molecule has 0 radical (unpaired) electrons. The van der Waals surface area contributed by atoms with E-state index in [9.17, 15) is 0 Å². The fourth-order valence-corrected chi connectivity index (χ4v) is 1.09. The highest BCUT2D eigenvalue weighted by molar-refractivity contribution is 5.18. The quantitative estimate of drug-likeness (QED) is 0.647. The maximum atomic E-state index is 9.00. The van der Waals surface area contributed by atoms with E-state index in [0.717, 1.165) is 19.4 Å². The van der Waals surface area contributed by atoms with Gasteiger partial charge in [0.1, 0.15) is 5.76 Å². The van der Waals surface area contributed by atoms with E-state index in [0.29, 0.717) is 11.8 Å². The first-order chi connectivity index (χ1) is 5.33. The Bertz CT molecular complexity index is 172. The van der Waals surface area contributed by atoms with Crippen molar-refractivity contribution in [3.63, 3.8) is 0 Å². The number of hydrogen-bond acceptors (Lipinski definition) is 2. The summed E-state index contributed by atoms with van der Waals surface area (Å²) in [6.45, 7) is 3.19. The standard InChI is InChI=1S/C9H15NO/c1-2-7-10-8-3-5-9(11)6-4-8/h3,5-6,8,10-11H,2,4,7H2,1H3. The van der Waals surface area contributed by atoms with E-state index in [4.69, 9.17) is 5.11 Å². The van der Waals surface area contributed by atoms with Gasteiger partial charge in [-0.3, -0.25) is 0 Å². The summed E-state index contributed by atoms with van der Waals surface area (Å²) < 4.78 is 0.